The SMILES string of the molecule is CCCC(C(=O)C(C)C)c1cccc(C#N)c1. The first-order chi connectivity index (χ1) is 8.10. The topological polar surface area (TPSA) is 40.9 Å². The highest BCUT2D eigenvalue weighted by atomic mass is 16.1. The van der Waals surface area contributed by atoms with Crippen molar-refractivity contribution in [1.29, 1.82) is 5.26 Å². The van der Waals surface area contributed by atoms with Gasteiger partial charge < -0.3 is 0 Å². The van der Waals surface area contributed by atoms with Crippen molar-refractivity contribution in [3.8, 4) is 6.07 Å². The van der Waals surface area contributed by atoms with Crippen LogP contribution in [0.4, 0.5) is 0 Å². The molecule has 0 aliphatic heterocycles. The van der Waals surface area contributed by atoms with E-state index in [-0.39, 0.29) is 17.6 Å². The summed E-state index contributed by atoms with van der Waals surface area (Å²) in [6, 6.07) is 9.52. The molecule has 1 unspecified atom stereocenters. The van der Waals surface area contributed by atoms with Crippen molar-refractivity contribution in [2.24, 2.45) is 5.92 Å². The lowest BCUT2D eigenvalue weighted by atomic mass is 9.85. The first-order valence-corrected chi connectivity index (χ1v) is 6.14. The lowest BCUT2D eigenvalue weighted by Crippen LogP contribution is -2.18. The second kappa shape index (κ2) is 6.20. The van der Waals surface area contributed by atoms with Gasteiger partial charge in [0.05, 0.1) is 11.6 Å². The van der Waals surface area contributed by atoms with E-state index in [2.05, 4.69) is 13.0 Å². The van der Waals surface area contributed by atoms with Gasteiger partial charge in [-0.15, -0.1) is 0 Å². The van der Waals surface area contributed by atoms with Crippen LogP contribution in [0.3, 0.4) is 0 Å². The Morgan fingerprint density at radius 2 is 2.12 bits per heavy atom. The summed E-state index contributed by atoms with van der Waals surface area (Å²) < 4.78 is 0. The molecule has 0 heterocycles. The van der Waals surface area contributed by atoms with Crippen molar-refractivity contribution in [1.82, 2.24) is 0 Å². The number of ketones is 1. The summed E-state index contributed by atoms with van der Waals surface area (Å²) in [6.45, 7) is 5.94. The van der Waals surface area contributed by atoms with Crippen LogP contribution in [0.2, 0.25) is 0 Å². The number of Topliss-reactive ketones (excluding diaryl/α,β-unsaturated/α-hetero) is 1. The van der Waals surface area contributed by atoms with Crippen LogP contribution in [0.1, 0.15) is 50.7 Å². The minimum atomic E-state index is -0.0618. The normalized spacial score (nSPS) is 12.2. The number of hydrogen-bond donors (Lipinski definition) is 0. The Kier molecular flexibility index (Phi) is 4.90. The van der Waals surface area contributed by atoms with E-state index in [1.807, 2.05) is 32.0 Å². The van der Waals surface area contributed by atoms with Gasteiger partial charge in [0.2, 0.25) is 0 Å². The average Bonchev–Trinajstić information content (AvgIpc) is 2.35. The molecule has 0 aliphatic carbocycles. The standard InChI is InChI=1S/C15H19NO/c1-4-6-14(15(17)11(2)3)13-8-5-7-12(9-13)10-16/h5,7-9,11,14H,4,6H2,1-3H3. The third kappa shape index (κ3) is 3.42. The lowest BCUT2D eigenvalue weighted by Gasteiger charge is -2.17. The van der Waals surface area contributed by atoms with Crippen molar-refractivity contribution in [2.75, 3.05) is 0 Å². The molecule has 0 saturated carbocycles. The third-order valence-electron chi connectivity index (χ3n) is 2.91. The zero-order chi connectivity index (χ0) is 12.8. The summed E-state index contributed by atoms with van der Waals surface area (Å²) in [5.41, 5.74) is 1.60. The molecule has 0 N–H and O–H groups in total. The molecule has 0 radical (unpaired) electrons. The van der Waals surface area contributed by atoms with Gasteiger partial charge in [0, 0.05) is 11.8 Å². The largest absolute Gasteiger partial charge is 0.299 e. The summed E-state index contributed by atoms with van der Waals surface area (Å²) in [6.07, 6.45) is 1.83. The number of carbonyl (C=O) groups excluding carboxylic acids is 1. The van der Waals surface area contributed by atoms with Crippen molar-refractivity contribution in [3.63, 3.8) is 0 Å². The molecular formula is C15H19NO. The number of nitrogens with zero attached hydrogens (tertiary/aromatic N) is 1. The van der Waals surface area contributed by atoms with Gasteiger partial charge >= 0.3 is 0 Å². The number of hydrogen-bond acceptors (Lipinski definition) is 2. The van der Waals surface area contributed by atoms with E-state index in [0.29, 0.717) is 5.56 Å². The number of rotatable bonds is 5. The summed E-state index contributed by atoms with van der Waals surface area (Å²) in [5.74, 6) is 0.243. The van der Waals surface area contributed by atoms with E-state index in [9.17, 15) is 4.79 Å². The fourth-order valence-electron chi connectivity index (χ4n) is 1.99. The maximum Gasteiger partial charge on any atom is 0.142 e. The van der Waals surface area contributed by atoms with Gasteiger partial charge in [-0.2, -0.15) is 5.26 Å². The fourth-order valence-corrected chi connectivity index (χ4v) is 1.99. The molecule has 0 fully saturated rings. The van der Waals surface area contributed by atoms with Crippen LogP contribution in [0.15, 0.2) is 24.3 Å². The Balaban J connectivity index is 3.05. The molecule has 17 heavy (non-hydrogen) atoms. The molecule has 0 aromatic heterocycles. The predicted molar refractivity (Wildman–Crippen MR) is 68.7 cm³/mol. The Bertz CT molecular complexity index is 429. The minimum Gasteiger partial charge on any atom is -0.299 e. The smallest absolute Gasteiger partial charge is 0.142 e. The molecular weight excluding hydrogens is 210 g/mol. The van der Waals surface area contributed by atoms with E-state index in [0.717, 1.165) is 18.4 Å². The average molecular weight is 229 g/mol. The highest BCUT2D eigenvalue weighted by Gasteiger charge is 2.22. The van der Waals surface area contributed by atoms with Gasteiger partial charge in [-0.3, -0.25) is 4.79 Å². The Labute approximate surface area is 103 Å². The number of nitriles is 1. The van der Waals surface area contributed by atoms with Crippen LogP contribution in [-0.4, -0.2) is 5.78 Å². The van der Waals surface area contributed by atoms with Crippen LogP contribution in [0.25, 0.3) is 0 Å². The Morgan fingerprint density at radius 3 is 2.65 bits per heavy atom. The van der Waals surface area contributed by atoms with Gasteiger partial charge in [-0.1, -0.05) is 39.3 Å². The summed E-state index contributed by atoms with van der Waals surface area (Å²) in [7, 11) is 0. The molecule has 0 saturated heterocycles. The molecule has 1 rings (SSSR count). The van der Waals surface area contributed by atoms with Gasteiger partial charge in [-0.05, 0) is 24.1 Å². The molecule has 0 bridgehead atoms. The van der Waals surface area contributed by atoms with E-state index in [1.165, 1.54) is 0 Å². The molecule has 0 amide bonds. The van der Waals surface area contributed by atoms with Crippen LogP contribution in [0, 0.1) is 17.2 Å². The van der Waals surface area contributed by atoms with E-state index >= 15 is 0 Å². The summed E-state index contributed by atoms with van der Waals surface area (Å²) in [5, 5.41) is 8.89. The highest BCUT2D eigenvalue weighted by molar-refractivity contribution is 5.87. The predicted octanol–water partition coefficient (Wildman–Crippen LogP) is 3.67. The molecule has 0 aliphatic rings. The zero-order valence-corrected chi connectivity index (χ0v) is 10.7. The van der Waals surface area contributed by atoms with Crippen LogP contribution in [-0.2, 0) is 4.79 Å². The van der Waals surface area contributed by atoms with Crippen LogP contribution < -0.4 is 0 Å². The maximum absolute atomic E-state index is 12.2. The van der Waals surface area contributed by atoms with Gasteiger partial charge in [-0.25, -0.2) is 0 Å². The number of carbonyl (C=O) groups is 1. The first-order valence-electron chi connectivity index (χ1n) is 6.14. The molecule has 1 atom stereocenters. The molecule has 90 valence electrons. The van der Waals surface area contributed by atoms with Gasteiger partial charge in [0.25, 0.3) is 0 Å². The molecule has 2 nitrogen and oxygen atoms in total. The van der Waals surface area contributed by atoms with Crippen molar-refractivity contribution < 1.29 is 4.79 Å². The second-order valence-electron chi connectivity index (χ2n) is 4.64. The monoisotopic (exact) mass is 229 g/mol. The Morgan fingerprint density at radius 1 is 1.41 bits per heavy atom. The minimum absolute atomic E-state index is 0.0392. The second-order valence-corrected chi connectivity index (χ2v) is 4.64. The van der Waals surface area contributed by atoms with Crippen molar-refractivity contribution >= 4 is 5.78 Å². The Hall–Kier alpha value is -1.62. The molecule has 0 spiro atoms. The van der Waals surface area contributed by atoms with Crippen molar-refractivity contribution in [3.05, 3.63) is 35.4 Å². The third-order valence-corrected chi connectivity index (χ3v) is 2.91. The quantitative estimate of drug-likeness (QED) is 0.773. The lowest BCUT2D eigenvalue weighted by molar-refractivity contribution is -0.123. The van der Waals surface area contributed by atoms with E-state index < -0.39 is 0 Å². The van der Waals surface area contributed by atoms with Crippen LogP contribution >= 0.6 is 0 Å². The fraction of sp³-hybridized carbons (Fsp3) is 0.467. The maximum atomic E-state index is 12.2. The molecule has 1 aromatic carbocycles. The highest BCUT2D eigenvalue weighted by Crippen LogP contribution is 2.26. The van der Waals surface area contributed by atoms with Crippen molar-refractivity contribution in [2.45, 2.75) is 39.5 Å². The zero-order valence-electron chi connectivity index (χ0n) is 10.7. The summed E-state index contributed by atoms with van der Waals surface area (Å²) in [4.78, 5) is 12.2. The van der Waals surface area contributed by atoms with E-state index in [4.69, 9.17) is 5.26 Å². The first kappa shape index (κ1) is 13.4. The van der Waals surface area contributed by atoms with Gasteiger partial charge in [0.1, 0.15) is 5.78 Å². The van der Waals surface area contributed by atoms with Gasteiger partial charge in [0.15, 0.2) is 0 Å². The molecule has 2 heteroatoms. The summed E-state index contributed by atoms with van der Waals surface area (Å²) >= 11 is 0. The van der Waals surface area contributed by atoms with E-state index in [1.54, 1.807) is 6.07 Å². The van der Waals surface area contributed by atoms with Crippen LogP contribution in [0.5, 0.6) is 0 Å². The number of benzene rings is 1. The molecule has 1 aromatic rings.